The number of nitrogens with two attached hydrogens (primary N) is 1. The monoisotopic (exact) mass is 402 g/mol. The molecule has 0 saturated carbocycles. The third kappa shape index (κ3) is 3.89. The van der Waals surface area contributed by atoms with Crippen LogP contribution in [0.5, 0.6) is 11.5 Å². The molecule has 6 heteroatoms. The number of carbonyl (C=O) groups is 2. The summed E-state index contributed by atoms with van der Waals surface area (Å²) < 4.78 is 12.2. The zero-order valence-corrected chi connectivity index (χ0v) is 16.6. The molecule has 1 aromatic heterocycles. The van der Waals surface area contributed by atoms with Crippen molar-refractivity contribution in [2.45, 2.75) is 25.9 Å². The number of carbonyl (C=O) groups excluding carboxylic acids is 2. The van der Waals surface area contributed by atoms with Gasteiger partial charge in [-0.3, -0.25) is 14.6 Å². The van der Waals surface area contributed by atoms with Gasteiger partial charge in [-0.15, -0.1) is 0 Å². The van der Waals surface area contributed by atoms with Gasteiger partial charge in [0.15, 0.2) is 5.78 Å². The van der Waals surface area contributed by atoms with E-state index in [0.717, 1.165) is 16.7 Å². The predicted molar refractivity (Wildman–Crippen MR) is 112 cm³/mol. The molecule has 0 saturated heterocycles. The molecule has 4 rings (SSSR count). The fraction of sp³-hybridized carbons (Fsp3) is 0.208. The van der Waals surface area contributed by atoms with Crippen molar-refractivity contribution in [2.75, 3.05) is 6.61 Å². The van der Waals surface area contributed by atoms with E-state index in [4.69, 9.17) is 15.2 Å². The lowest BCUT2D eigenvalue weighted by atomic mass is 9.98. The van der Waals surface area contributed by atoms with Crippen molar-refractivity contribution in [1.82, 2.24) is 4.98 Å². The molecule has 2 aromatic carbocycles. The second-order valence-electron chi connectivity index (χ2n) is 7.10. The molecule has 0 unspecified atom stereocenters. The molecule has 30 heavy (non-hydrogen) atoms. The van der Waals surface area contributed by atoms with E-state index >= 15 is 0 Å². The first-order valence-electron chi connectivity index (χ1n) is 9.86. The lowest BCUT2D eigenvalue weighted by Gasteiger charge is -2.24. The number of primary amides is 1. The fourth-order valence-electron chi connectivity index (χ4n) is 3.53. The topological polar surface area (TPSA) is 91.5 Å². The molecule has 3 aromatic rings. The number of Topliss-reactive ketones (excluding diaryl/α,β-unsaturated/α-hetero) is 1. The molecule has 1 amide bonds. The van der Waals surface area contributed by atoms with E-state index in [1.165, 1.54) is 0 Å². The Balaban J connectivity index is 1.75. The zero-order valence-electron chi connectivity index (χ0n) is 16.6. The van der Waals surface area contributed by atoms with Crippen LogP contribution in [0.3, 0.4) is 0 Å². The quantitative estimate of drug-likeness (QED) is 0.676. The first kappa shape index (κ1) is 19.6. The first-order chi connectivity index (χ1) is 14.6. The molecule has 0 spiro atoms. The Kier molecular flexibility index (Phi) is 5.48. The third-order valence-electron chi connectivity index (χ3n) is 5.18. The Morgan fingerprint density at radius 1 is 1.13 bits per heavy atom. The molecule has 1 aliphatic rings. The number of nitrogens with zero attached hydrogens (tertiary/aromatic N) is 1. The lowest BCUT2D eigenvalue weighted by Crippen LogP contribution is -2.17. The van der Waals surface area contributed by atoms with Crippen LogP contribution in [0.15, 0.2) is 60.9 Å². The van der Waals surface area contributed by atoms with Gasteiger partial charge in [-0.2, -0.15) is 0 Å². The predicted octanol–water partition coefficient (Wildman–Crippen LogP) is 3.88. The highest BCUT2D eigenvalue weighted by Gasteiger charge is 2.24. The maximum atomic E-state index is 12.3. The summed E-state index contributed by atoms with van der Waals surface area (Å²) in [5, 5.41) is 0. The van der Waals surface area contributed by atoms with Gasteiger partial charge in [0, 0.05) is 30.4 Å². The van der Waals surface area contributed by atoms with E-state index < -0.39 is 12.0 Å². The molecule has 0 fully saturated rings. The molecule has 6 nitrogen and oxygen atoms in total. The van der Waals surface area contributed by atoms with Crippen molar-refractivity contribution in [3.63, 3.8) is 0 Å². The van der Waals surface area contributed by atoms with Crippen LogP contribution in [-0.2, 0) is 6.42 Å². The van der Waals surface area contributed by atoms with Crippen molar-refractivity contribution < 1.29 is 19.1 Å². The van der Waals surface area contributed by atoms with E-state index in [1.807, 2.05) is 37.3 Å². The minimum Gasteiger partial charge on any atom is -0.492 e. The highest BCUT2D eigenvalue weighted by molar-refractivity contribution is 6.00. The van der Waals surface area contributed by atoms with Gasteiger partial charge in [-0.1, -0.05) is 19.1 Å². The molecule has 0 radical (unpaired) electrons. The van der Waals surface area contributed by atoms with Crippen LogP contribution in [0.1, 0.15) is 56.9 Å². The van der Waals surface area contributed by atoms with Gasteiger partial charge < -0.3 is 15.2 Å². The molecule has 2 N–H and O–H groups in total. The van der Waals surface area contributed by atoms with Gasteiger partial charge in [0.25, 0.3) is 0 Å². The van der Waals surface area contributed by atoms with Crippen molar-refractivity contribution in [1.29, 1.82) is 0 Å². The summed E-state index contributed by atoms with van der Waals surface area (Å²) in [7, 11) is 0. The second-order valence-corrected chi connectivity index (χ2v) is 7.10. The minimum absolute atomic E-state index is 0.0882. The van der Waals surface area contributed by atoms with Crippen molar-refractivity contribution >= 4 is 11.7 Å². The summed E-state index contributed by atoms with van der Waals surface area (Å²) >= 11 is 0. The van der Waals surface area contributed by atoms with E-state index in [0.29, 0.717) is 42.1 Å². The Morgan fingerprint density at radius 2 is 1.83 bits per heavy atom. The molecular weight excluding hydrogens is 380 g/mol. The molecule has 1 atom stereocenters. The number of ketones is 1. The van der Waals surface area contributed by atoms with Crippen molar-refractivity contribution in [3.8, 4) is 11.5 Å². The third-order valence-corrected chi connectivity index (χ3v) is 5.18. The van der Waals surface area contributed by atoms with Crippen LogP contribution >= 0.6 is 0 Å². The average Bonchev–Trinajstić information content (AvgIpc) is 2.78. The van der Waals surface area contributed by atoms with Gasteiger partial charge >= 0.3 is 0 Å². The average molecular weight is 402 g/mol. The first-order valence-corrected chi connectivity index (χ1v) is 9.86. The van der Waals surface area contributed by atoms with E-state index in [1.54, 1.807) is 30.6 Å². The number of amides is 1. The largest absolute Gasteiger partial charge is 0.492 e. The van der Waals surface area contributed by atoms with Gasteiger partial charge in [-0.25, -0.2) is 0 Å². The Bertz CT molecular complexity index is 1080. The standard InChI is InChI=1S/C24H22N2O4/c1-2-15-13-19-20(27)9-12-29-22(19)14-21(15)30-23(17-7-10-26-11-8-17)16-3-5-18(6-4-16)24(25)28/h3-8,10-11,13-14,23H,2,9,12H2,1H3,(H2,25,28)/t23-/m0/s1. The zero-order chi connectivity index (χ0) is 21.1. The van der Waals surface area contributed by atoms with Crippen molar-refractivity contribution in [3.05, 3.63) is 88.7 Å². The second kappa shape index (κ2) is 8.37. The summed E-state index contributed by atoms with van der Waals surface area (Å²) in [6, 6.07) is 14.5. The lowest BCUT2D eigenvalue weighted by molar-refractivity contribution is 0.0931. The SMILES string of the molecule is CCc1cc2c(cc1O[C@H](c1ccncc1)c1ccc(C(N)=O)cc1)OCCC2=O. The summed E-state index contributed by atoms with van der Waals surface area (Å²) in [5.41, 5.74) is 9.11. The van der Waals surface area contributed by atoms with Crippen LogP contribution in [0, 0.1) is 0 Å². The number of fused-ring (bicyclic) bond motifs is 1. The number of aryl methyl sites for hydroxylation is 1. The minimum atomic E-state index is -0.479. The molecule has 152 valence electrons. The molecule has 0 aliphatic carbocycles. The van der Waals surface area contributed by atoms with E-state index in [9.17, 15) is 9.59 Å². The highest BCUT2D eigenvalue weighted by atomic mass is 16.5. The van der Waals surface area contributed by atoms with E-state index in [2.05, 4.69) is 4.98 Å². The number of pyridine rings is 1. The molecular formula is C24H22N2O4. The number of hydrogen-bond donors (Lipinski definition) is 1. The van der Waals surface area contributed by atoms with Gasteiger partial charge in [0.05, 0.1) is 12.2 Å². The summed E-state index contributed by atoms with van der Waals surface area (Å²) in [6.45, 7) is 2.39. The van der Waals surface area contributed by atoms with Crippen LogP contribution < -0.4 is 15.2 Å². The number of rotatable bonds is 6. The molecule has 1 aliphatic heterocycles. The maximum Gasteiger partial charge on any atom is 0.248 e. The fourth-order valence-corrected chi connectivity index (χ4v) is 3.53. The maximum absolute atomic E-state index is 12.3. The van der Waals surface area contributed by atoms with Crippen LogP contribution in [0.25, 0.3) is 0 Å². The summed E-state index contributed by atoms with van der Waals surface area (Å²) in [5.74, 6) is 0.820. The Morgan fingerprint density at radius 3 is 2.50 bits per heavy atom. The van der Waals surface area contributed by atoms with Crippen LogP contribution in [0.4, 0.5) is 0 Å². The Hall–Kier alpha value is -3.67. The number of hydrogen-bond acceptors (Lipinski definition) is 5. The number of ether oxygens (including phenoxy) is 2. The highest BCUT2D eigenvalue weighted by Crippen LogP contribution is 2.37. The summed E-state index contributed by atoms with van der Waals surface area (Å²) in [4.78, 5) is 27.8. The van der Waals surface area contributed by atoms with E-state index in [-0.39, 0.29) is 5.78 Å². The van der Waals surface area contributed by atoms with Gasteiger partial charge in [0.1, 0.15) is 17.6 Å². The molecule has 2 heterocycles. The normalized spacial score (nSPS) is 13.8. The van der Waals surface area contributed by atoms with Crippen molar-refractivity contribution in [2.24, 2.45) is 5.73 Å². The van der Waals surface area contributed by atoms with Crippen LogP contribution in [-0.4, -0.2) is 23.3 Å². The smallest absolute Gasteiger partial charge is 0.248 e. The number of aromatic nitrogens is 1. The summed E-state index contributed by atoms with van der Waals surface area (Å²) in [6.07, 6.45) is 4.08. The number of benzene rings is 2. The van der Waals surface area contributed by atoms with Gasteiger partial charge in [-0.05, 0) is 53.4 Å². The van der Waals surface area contributed by atoms with Gasteiger partial charge in [0.2, 0.25) is 5.91 Å². The Labute approximate surface area is 174 Å². The van der Waals surface area contributed by atoms with Crippen LogP contribution in [0.2, 0.25) is 0 Å². The molecule has 0 bridgehead atoms.